The third-order valence-corrected chi connectivity index (χ3v) is 4.42. The topological polar surface area (TPSA) is 73.6 Å². The Morgan fingerprint density at radius 2 is 1.86 bits per heavy atom. The van der Waals surface area contributed by atoms with Crippen LogP contribution in [0.2, 0.25) is 0 Å². The average molecular weight is 306 g/mol. The number of nitrogens with one attached hydrogen (secondary N) is 1. The Morgan fingerprint density at radius 3 is 2.50 bits per heavy atom. The molecule has 0 bridgehead atoms. The maximum Gasteiger partial charge on any atom is 0.224 e. The second kappa shape index (κ2) is 7.49. The van der Waals surface area contributed by atoms with Gasteiger partial charge in [0.25, 0.3) is 0 Å². The quantitative estimate of drug-likeness (QED) is 0.877. The highest BCUT2D eigenvalue weighted by atomic mass is 16.5. The summed E-state index contributed by atoms with van der Waals surface area (Å²) in [6.07, 6.45) is 4.89. The highest BCUT2D eigenvalue weighted by molar-refractivity contribution is 5.92. The number of rotatable bonds is 5. The van der Waals surface area contributed by atoms with Crippen LogP contribution < -0.4 is 20.5 Å². The number of amides is 1. The lowest BCUT2D eigenvalue weighted by Crippen LogP contribution is -2.35. The Kier molecular flexibility index (Phi) is 5.66. The second-order valence-corrected chi connectivity index (χ2v) is 5.98. The van der Waals surface area contributed by atoms with E-state index in [1.165, 1.54) is 12.8 Å². The molecule has 0 aromatic heterocycles. The standard InChI is InChI=1S/C17H26N2O3/c1-11-8-15(21-2)16(22-3)10-14(11)19-17(20)9-12-6-4-5-7-13(12)18/h8,10,12-13H,4-7,9,18H2,1-3H3,(H,19,20). The highest BCUT2D eigenvalue weighted by Crippen LogP contribution is 2.33. The van der Waals surface area contributed by atoms with Crippen LogP contribution in [0.4, 0.5) is 5.69 Å². The Morgan fingerprint density at radius 1 is 1.23 bits per heavy atom. The van der Waals surface area contributed by atoms with Crippen LogP contribution in [-0.2, 0) is 4.79 Å². The Bertz CT molecular complexity index is 531. The van der Waals surface area contributed by atoms with Crippen molar-refractivity contribution in [1.82, 2.24) is 0 Å². The maximum absolute atomic E-state index is 12.3. The smallest absolute Gasteiger partial charge is 0.224 e. The zero-order valence-electron chi connectivity index (χ0n) is 13.6. The van der Waals surface area contributed by atoms with Crippen LogP contribution in [0.5, 0.6) is 11.5 Å². The molecule has 2 atom stereocenters. The van der Waals surface area contributed by atoms with Crippen molar-refractivity contribution in [3.05, 3.63) is 17.7 Å². The van der Waals surface area contributed by atoms with E-state index < -0.39 is 0 Å². The fourth-order valence-electron chi connectivity index (χ4n) is 3.04. The minimum absolute atomic E-state index is 0.0117. The van der Waals surface area contributed by atoms with Crippen molar-refractivity contribution in [2.45, 2.75) is 45.1 Å². The van der Waals surface area contributed by atoms with Gasteiger partial charge < -0.3 is 20.5 Å². The molecule has 1 aliphatic carbocycles. The molecule has 22 heavy (non-hydrogen) atoms. The van der Waals surface area contributed by atoms with Gasteiger partial charge in [-0.1, -0.05) is 12.8 Å². The molecule has 1 aromatic rings. The number of aryl methyl sites for hydroxylation is 1. The molecule has 3 N–H and O–H groups in total. The molecule has 5 nitrogen and oxygen atoms in total. The van der Waals surface area contributed by atoms with Crippen molar-refractivity contribution in [3.63, 3.8) is 0 Å². The monoisotopic (exact) mass is 306 g/mol. The van der Waals surface area contributed by atoms with E-state index in [2.05, 4.69) is 5.32 Å². The zero-order valence-corrected chi connectivity index (χ0v) is 13.6. The van der Waals surface area contributed by atoms with Crippen molar-refractivity contribution in [2.75, 3.05) is 19.5 Å². The molecule has 2 rings (SSSR count). The summed E-state index contributed by atoms with van der Waals surface area (Å²) in [5.74, 6) is 1.57. The third-order valence-electron chi connectivity index (χ3n) is 4.42. The first-order valence-electron chi connectivity index (χ1n) is 7.83. The lowest BCUT2D eigenvalue weighted by molar-refractivity contribution is -0.117. The summed E-state index contributed by atoms with van der Waals surface area (Å²) >= 11 is 0. The number of nitrogens with two attached hydrogens (primary N) is 1. The van der Waals surface area contributed by atoms with Gasteiger partial charge in [0.1, 0.15) is 0 Å². The van der Waals surface area contributed by atoms with E-state index in [9.17, 15) is 4.79 Å². The molecule has 0 aliphatic heterocycles. The molecule has 122 valence electrons. The number of carbonyl (C=O) groups excluding carboxylic acids is 1. The van der Waals surface area contributed by atoms with Gasteiger partial charge in [-0.2, -0.15) is 0 Å². The van der Waals surface area contributed by atoms with E-state index in [1.807, 2.05) is 13.0 Å². The summed E-state index contributed by atoms with van der Waals surface area (Å²) in [6.45, 7) is 1.93. The van der Waals surface area contributed by atoms with Crippen LogP contribution in [0.1, 0.15) is 37.7 Å². The lowest BCUT2D eigenvalue weighted by atomic mass is 9.83. The van der Waals surface area contributed by atoms with Crippen molar-refractivity contribution in [2.24, 2.45) is 11.7 Å². The van der Waals surface area contributed by atoms with E-state index in [1.54, 1.807) is 20.3 Å². The molecule has 1 aliphatic rings. The van der Waals surface area contributed by atoms with Gasteiger partial charge >= 0.3 is 0 Å². The van der Waals surface area contributed by atoms with Crippen LogP contribution in [0, 0.1) is 12.8 Å². The summed E-state index contributed by atoms with van der Waals surface area (Å²) in [4.78, 5) is 12.3. The predicted molar refractivity (Wildman–Crippen MR) is 87.5 cm³/mol. The maximum atomic E-state index is 12.3. The molecule has 0 radical (unpaired) electrons. The first-order valence-corrected chi connectivity index (χ1v) is 7.83. The van der Waals surface area contributed by atoms with Gasteiger partial charge in [0, 0.05) is 24.2 Å². The van der Waals surface area contributed by atoms with Gasteiger partial charge in [0.05, 0.1) is 14.2 Å². The number of benzene rings is 1. The lowest BCUT2D eigenvalue weighted by Gasteiger charge is -2.28. The molecule has 2 unspecified atom stereocenters. The predicted octanol–water partition coefficient (Wildman–Crippen LogP) is 2.86. The van der Waals surface area contributed by atoms with Crippen molar-refractivity contribution >= 4 is 11.6 Å². The summed E-state index contributed by atoms with van der Waals surface area (Å²) in [5, 5.41) is 2.97. The number of carbonyl (C=O) groups is 1. The Balaban J connectivity index is 2.04. The molecule has 5 heteroatoms. The number of ether oxygens (including phenoxy) is 2. The van der Waals surface area contributed by atoms with Gasteiger partial charge in [0.15, 0.2) is 11.5 Å². The molecule has 1 amide bonds. The highest BCUT2D eigenvalue weighted by Gasteiger charge is 2.24. The fourth-order valence-corrected chi connectivity index (χ4v) is 3.04. The Labute approximate surface area is 132 Å². The van der Waals surface area contributed by atoms with Gasteiger partial charge in [-0.05, 0) is 37.3 Å². The number of hydrogen-bond acceptors (Lipinski definition) is 4. The average Bonchev–Trinajstić information content (AvgIpc) is 2.51. The summed E-state index contributed by atoms with van der Waals surface area (Å²) in [5.41, 5.74) is 7.82. The van der Waals surface area contributed by atoms with Gasteiger partial charge in [0.2, 0.25) is 5.91 Å². The van der Waals surface area contributed by atoms with Crippen LogP contribution in [0.25, 0.3) is 0 Å². The molecular weight excluding hydrogens is 280 g/mol. The van der Waals surface area contributed by atoms with Gasteiger partial charge in [-0.25, -0.2) is 0 Å². The van der Waals surface area contributed by atoms with Crippen molar-refractivity contribution in [3.8, 4) is 11.5 Å². The number of methoxy groups -OCH3 is 2. The fraction of sp³-hybridized carbons (Fsp3) is 0.588. The molecule has 1 saturated carbocycles. The van der Waals surface area contributed by atoms with Crippen LogP contribution in [-0.4, -0.2) is 26.2 Å². The SMILES string of the molecule is COc1cc(C)c(NC(=O)CC2CCCCC2N)cc1OC. The number of anilines is 1. The first-order chi connectivity index (χ1) is 10.5. The van der Waals surface area contributed by atoms with Crippen molar-refractivity contribution in [1.29, 1.82) is 0 Å². The molecule has 1 aromatic carbocycles. The summed E-state index contributed by atoms with van der Waals surface area (Å²) in [7, 11) is 3.18. The number of hydrogen-bond donors (Lipinski definition) is 2. The van der Waals surface area contributed by atoms with Crippen LogP contribution in [0.3, 0.4) is 0 Å². The minimum Gasteiger partial charge on any atom is -0.493 e. The van der Waals surface area contributed by atoms with E-state index in [-0.39, 0.29) is 17.9 Å². The molecule has 0 spiro atoms. The first kappa shape index (κ1) is 16.6. The molecule has 0 saturated heterocycles. The van der Waals surface area contributed by atoms with Crippen molar-refractivity contribution < 1.29 is 14.3 Å². The zero-order chi connectivity index (χ0) is 16.1. The summed E-state index contributed by atoms with van der Waals surface area (Å²) in [6, 6.07) is 3.80. The minimum atomic E-state index is 0.0117. The normalized spacial score (nSPS) is 21.3. The van der Waals surface area contributed by atoms with Gasteiger partial charge in [-0.3, -0.25) is 4.79 Å². The van der Waals surface area contributed by atoms with E-state index in [0.29, 0.717) is 17.9 Å². The molecular formula is C17H26N2O3. The van der Waals surface area contributed by atoms with Gasteiger partial charge in [-0.15, -0.1) is 0 Å². The summed E-state index contributed by atoms with van der Waals surface area (Å²) < 4.78 is 10.5. The third kappa shape index (κ3) is 3.91. The van der Waals surface area contributed by atoms with Crippen LogP contribution in [0.15, 0.2) is 12.1 Å². The van der Waals surface area contributed by atoms with E-state index in [4.69, 9.17) is 15.2 Å². The van der Waals surface area contributed by atoms with E-state index in [0.717, 1.165) is 24.1 Å². The second-order valence-electron chi connectivity index (χ2n) is 5.98. The largest absolute Gasteiger partial charge is 0.493 e. The van der Waals surface area contributed by atoms with E-state index >= 15 is 0 Å². The van der Waals surface area contributed by atoms with Crippen LogP contribution >= 0.6 is 0 Å². The Hall–Kier alpha value is -1.75. The molecule has 1 fully saturated rings. The molecule has 0 heterocycles.